The summed E-state index contributed by atoms with van der Waals surface area (Å²) in [6.45, 7) is 6.97. The fraction of sp³-hybridized carbons (Fsp3) is 0.258. The predicted octanol–water partition coefficient (Wildman–Crippen LogP) is 5.85. The first-order valence-corrected chi connectivity index (χ1v) is 13.4. The Morgan fingerprint density at radius 1 is 0.975 bits per heavy atom. The molecular weight excluding hydrogens is 502 g/mol. The minimum Gasteiger partial charge on any atom is -0.444 e. The van der Waals surface area contributed by atoms with Crippen LogP contribution in [0.25, 0.3) is 39.6 Å². The Morgan fingerprint density at radius 2 is 1.75 bits per heavy atom. The summed E-state index contributed by atoms with van der Waals surface area (Å²) in [6, 6.07) is 22.0. The van der Waals surface area contributed by atoms with E-state index >= 15 is 0 Å². The molecular formula is C31H31N7O2. The molecule has 0 radical (unpaired) electrons. The quantitative estimate of drug-likeness (QED) is 0.308. The normalized spacial score (nSPS) is 15.5. The van der Waals surface area contributed by atoms with Crippen molar-refractivity contribution in [2.45, 2.75) is 38.7 Å². The molecule has 5 aromatic rings. The highest BCUT2D eigenvalue weighted by Crippen LogP contribution is 2.33. The molecule has 0 aliphatic carbocycles. The summed E-state index contributed by atoms with van der Waals surface area (Å²) in [7, 11) is 0. The smallest absolute Gasteiger partial charge is 0.410 e. The van der Waals surface area contributed by atoms with Crippen LogP contribution in [0.1, 0.15) is 38.7 Å². The van der Waals surface area contributed by atoms with E-state index < -0.39 is 5.60 Å². The largest absolute Gasteiger partial charge is 0.444 e. The minimum absolute atomic E-state index is 0.235. The van der Waals surface area contributed by atoms with Gasteiger partial charge in [-0.05, 0) is 57.0 Å². The van der Waals surface area contributed by atoms with Crippen LogP contribution in [0.15, 0.2) is 79.1 Å². The number of benzene rings is 2. The van der Waals surface area contributed by atoms with E-state index in [2.05, 4.69) is 34.2 Å². The second-order valence-electron chi connectivity index (χ2n) is 11.0. The summed E-state index contributed by atoms with van der Waals surface area (Å²) in [4.78, 5) is 33.1. The molecule has 2 N–H and O–H groups in total. The van der Waals surface area contributed by atoms with Crippen LogP contribution in [-0.4, -0.2) is 54.2 Å². The van der Waals surface area contributed by atoms with Crippen molar-refractivity contribution in [2.75, 3.05) is 18.8 Å². The van der Waals surface area contributed by atoms with Gasteiger partial charge in [0.2, 0.25) is 0 Å². The Kier molecular flexibility index (Phi) is 6.42. The monoisotopic (exact) mass is 533 g/mol. The molecule has 2 aromatic carbocycles. The lowest BCUT2D eigenvalue weighted by Gasteiger charge is -2.24. The molecule has 202 valence electrons. The topological polar surface area (TPSA) is 112 Å². The highest BCUT2D eigenvalue weighted by atomic mass is 16.6. The fourth-order valence-corrected chi connectivity index (χ4v) is 5.05. The van der Waals surface area contributed by atoms with E-state index in [9.17, 15) is 4.79 Å². The van der Waals surface area contributed by atoms with Crippen molar-refractivity contribution < 1.29 is 9.53 Å². The van der Waals surface area contributed by atoms with E-state index in [0.29, 0.717) is 41.6 Å². The first-order valence-electron chi connectivity index (χ1n) is 13.4. The summed E-state index contributed by atoms with van der Waals surface area (Å²) in [5.74, 6) is 1.24. The predicted molar refractivity (Wildman–Crippen MR) is 155 cm³/mol. The van der Waals surface area contributed by atoms with Gasteiger partial charge in [-0.25, -0.2) is 24.7 Å². The second-order valence-corrected chi connectivity index (χ2v) is 11.0. The lowest BCUT2D eigenvalue weighted by molar-refractivity contribution is 0.0292. The van der Waals surface area contributed by atoms with Crippen LogP contribution in [0.4, 0.5) is 10.6 Å². The Bertz CT molecular complexity index is 1670. The van der Waals surface area contributed by atoms with Crippen LogP contribution < -0.4 is 5.73 Å². The molecule has 3 aromatic heterocycles. The minimum atomic E-state index is -0.511. The molecule has 0 saturated carbocycles. The number of amides is 1. The maximum atomic E-state index is 12.6. The number of carbonyl (C=O) groups is 1. The first kappa shape index (κ1) is 25.5. The van der Waals surface area contributed by atoms with Gasteiger partial charge in [-0.2, -0.15) is 0 Å². The number of nitrogens with two attached hydrogens (primary N) is 1. The SMILES string of the molecule is CC(C)(C)OC(=O)N1CCC(c2ccc(-n3c(-c4cccnc4N)nc4ncc(-c5ccccc5)nc43)cc2)C1. The summed E-state index contributed by atoms with van der Waals surface area (Å²) < 4.78 is 7.55. The molecule has 9 nitrogen and oxygen atoms in total. The highest BCUT2D eigenvalue weighted by molar-refractivity contribution is 5.82. The number of aromatic nitrogens is 5. The standard InChI is InChI=1S/C31H31N7O2/c1-31(2,3)40-30(39)37-17-15-22(19-37)20-11-13-23(14-12-20)38-28(24-10-7-16-33-26(24)32)36-27-29(38)35-25(18-34-27)21-8-5-4-6-9-21/h4-14,16,18,22H,15,17,19H2,1-3H3,(H2,32,33). The van der Waals surface area contributed by atoms with E-state index in [1.807, 2.05) is 67.8 Å². The van der Waals surface area contributed by atoms with Crippen LogP contribution >= 0.6 is 0 Å². The number of ether oxygens (including phenoxy) is 1. The molecule has 40 heavy (non-hydrogen) atoms. The third kappa shape index (κ3) is 4.98. The van der Waals surface area contributed by atoms with Gasteiger partial charge in [0, 0.05) is 36.5 Å². The first-order chi connectivity index (χ1) is 19.3. The van der Waals surface area contributed by atoms with E-state index in [1.165, 1.54) is 0 Å². The van der Waals surface area contributed by atoms with Gasteiger partial charge in [0.25, 0.3) is 0 Å². The van der Waals surface area contributed by atoms with Crippen LogP contribution in [-0.2, 0) is 4.74 Å². The van der Waals surface area contributed by atoms with Crippen LogP contribution in [0, 0.1) is 0 Å². The number of nitrogens with zero attached hydrogens (tertiary/aromatic N) is 6. The zero-order valence-corrected chi connectivity index (χ0v) is 22.8. The molecule has 6 rings (SSSR count). The average molecular weight is 534 g/mol. The number of likely N-dealkylation sites (tertiary alicyclic amines) is 1. The van der Waals surface area contributed by atoms with Crippen LogP contribution in [0.5, 0.6) is 0 Å². The van der Waals surface area contributed by atoms with Gasteiger partial charge in [-0.1, -0.05) is 42.5 Å². The molecule has 1 fully saturated rings. The van der Waals surface area contributed by atoms with Gasteiger partial charge in [0.15, 0.2) is 17.1 Å². The molecule has 1 unspecified atom stereocenters. The highest BCUT2D eigenvalue weighted by Gasteiger charge is 2.30. The van der Waals surface area contributed by atoms with E-state index in [-0.39, 0.29) is 12.0 Å². The molecule has 1 aliphatic rings. The fourth-order valence-electron chi connectivity index (χ4n) is 5.05. The van der Waals surface area contributed by atoms with Gasteiger partial charge >= 0.3 is 6.09 Å². The summed E-state index contributed by atoms with van der Waals surface area (Å²) in [5.41, 5.74) is 11.4. The number of carbonyl (C=O) groups excluding carboxylic acids is 1. The lowest BCUT2D eigenvalue weighted by atomic mass is 9.98. The molecule has 9 heteroatoms. The van der Waals surface area contributed by atoms with Crippen molar-refractivity contribution in [3.05, 3.63) is 84.7 Å². The maximum absolute atomic E-state index is 12.6. The number of pyridine rings is 1. The summed E-state index contributed by atoms with van der Waals surface area (Å²) in [6.07, 6.45) is 4.02. The number of fused-ring (bicyclic) bond motifs is 1. The van der Waals surface area contributed by atoms with Gasteiger partial charge in [-0.15, -0.1) is 0 Å². The zero-order chi connectivity index (χ0) is 27.9. The third-order valence-corrected chi connectivity index (χ3v) is 6.98. The van der Waals surface area contributed by atoms with Crippen molar-refractivity contribution in [1.29, 1.82) is 0 Å². The number of nitrogen functional groups attached to an aromatic ring is 1. The number of imidazole rings is 1. The molecule has 1 aliphatic heterocycles. The second kappa shape index (κ2) is 10.1. The molecule has 1 atom stereocenters. The molecule has 0 spiro atoms. The summed E-state index contributed by atoms with van der Waals surface area (Å²) >= 11 is 0. The number of hydrogen-bond acceptors (Lipinski definition) is 7. The third-order valence-electron chi connectivity index (χ3n) is 6.98. The van der Waals surface area contributed by atoms with Gasteiger partial charge < -0.3 is 15.4 Å². The summed E-state index contributed by atoms with van der Waals surface area (Å²) in [5, 5.41) is 0. The Labute approximate surface area is 232 Å². The van der Waals surface area contributed by atoms with E-state index in [0.717, 1.165) is 28.9 Å². The molecule has 0 bridgehead atoms. The zero-order valence-electron chi connectivity index (χ0n) is 22.8. The van der Waals surface area contributed by atoms with Gasteiger partial charge in [0.05, 0.1) is 17.5 Å². The molecule has 4 heterocycles. The van der Waals surface area contributed by atoms with Crippen molar-refractivity contribution in [2.24, 2.45) is 0 Å². The number of rotatable bonds is 4. The van der Waals surface area contributed by atoms with Crippen molar-refractivity contribution in [1.82, 2.24) is 29.4 Å². The Morgan fingerprint density at radius 3 is 2.48 bits per heavy atom. The van der Waals surface area contributed by atoms with Crippen molar-refractivity contribution >= 4 is 23.2 Å². The van der Waals surface area contributed by atoms with Gasteiger partial charge in [0.1, 0.15) is 11.4 Å². The van der Waals surface area contributed by atoms with E-state index in [4.69, 9.17) is 20.4 Å². The van der Waals surface area contributed by atoms with Crippen molar-refractivity contribution in [3.63, 3.8) is 0 Å². The maximum Gasteiger partial charge on any atom is 0.410 e. The van der Waals surface area contributed by atoms with Gasteiger partial charge in [-0.3, -0.25) is 4.57 Å². The average Bonchev–Trinajstić information content (AvgIpc) is 3.58. The molecule has 1 amide bonds. The Balaban J connectivity index is 1.37. The number of hydrogen-bond donors (Lipinski definition) is 1. The molecule has 1 saturated heterocycles. The Hall–Kier alpha value is -4.79. The van der Waals surface area contributed by atoms with Crippen molar-refractivity contribution in [3.8, 4) is 28.3 Å². The lowest BCUT2D eigenvalue weighted by Crippen LogP contribution is -2.35. The number of anilines is 1. The van der Waals surface area contributed by atoms with Crippen LogP contribution in [0.2, 0.25) is 0 Å². The van der Waals surface area contributed by atoms with E-state index in [1.54, 1.807) is 17.3 Å². The van der Waals surface area contributed by atoms with Crippen LogP contribution in [0.3, 0.4) is 0 Å².